The van der Waals surface area contributed by atoms with Gasteiger partial charge in [0.1, 0.15) is 22.2 Å². The van der Waals surface area contributed by atoms with Crippen molar-refractivity contribution in [1.29, 1.82) is 5.41 Å². The van der Waals surface area contributed by atoms with E-state index >= 15 is 0 Å². The zero-order valence-corrected chi connectivity index (χ0v) is 20.9. The second kappa shape index (κ2) is 9.06. The smallest absolute Gasteiger partial charge is 0.204 e. The fraction of sp³-hybridized carbons (Fsp3) is 0.154. The third-order valence-electron chi connectivity index (χ3n) is 5.79. The maximum atomic E-state index is 8.78. The summed E-state index contributed by atoms with van der Waals surface area (Å²) in [4.78, 5) is 13.9. The first kappa shape index (κ1) is 22.9. The third-order valence-corrected chi connectivity index (χ3v) is 6.30. The molecular formula is C26H21Cl2N7. The van der Waals surface area contributed by atoms with Crippen molar-refractivity contribution in [2.45, 2.75) is 13.5 Å². The van der Waals surface area contributed by atoms with Crippen molar-refractivity contribution in [1.82, 2.24) is 28.7 Å². The lowest BCUT2D eigenvalue weighted by Gasteiger charge is -2.08. The molecule has 0 amide bonds. The fourth-order valence-electron chi connectivity index (χ4n) is 4.09. The number of nitrogens with one attached hydrogen (secondary N) is 1. The van der Waals surface area contributed by atoms with Gasteiger partial charge in [-0.15, -0.1) is 0 Å². The molecule has 0 aliphatic rings. The molecule has 0 aliphatic heterocycles. The Morgan fingerprint density at radius 1 is 0.971 bits per heavy atom. The van der Waals surface area contributed by atoms with Crippen LogP contribution in [0.15, 0.2) is 54.7 Å². The van der Waals surface area contributed by atoms with Crippen LogP contribution < -0.4 is 5.62 Å². The molecule has 0 aliphatic carbocycles. The van der Waals surface area contributed by atoms with E-state index in [0.717, 1.165) is 22.5 Å². The van der Waals surface area contributed by atoms with E-state index < -0.39 is 0 Å². The summed E-state index contributed by atoms with van der Waals surface area (Å²) >= 11 is 12.5. The Kier molecular flexibility index (Phi) is 5.93. The molecule has 3 heterocycles. The predicted octanol–water partition coefficient (Wildman–Crippen LogP) is 5.04. The number of halogens is 2. The molecule has 0 spiro atoms. The van der Waals surface area contributed by atoms with Crippen LogP contribution in [-0.4, -0.2) is 28.7 Å². The van der Waals surface area contributed by atoms with Gasteiger partial charge in [0.2, 0.25) is 5.62 Å². The van der Waals surface area contributed by atoms with Crippen molar-refractivity contribution < 1.29 is 0 Å². The SMILES string of the molecule is CC#Cc1nc(-c2ccccc2Cl)nc2c1n(C)c(=N)n2Cc1ccc(-c2nc(Cl)cn2C)cc1. The Morgan fingerprint density at radius 2 is 1.71 bits per heavy atom. The minimum Gasteiger partial charge on any atom is -0.332 e. The molecule has 0 unspecified atom stereocenters. The Morgan fingerprint density at radius 3 is 2.37 bits per heavy atom. The monoisotopic (exact) mass is 501 g/mol. The summed E-state index contributed by atoms with van der Waals surface area (Å²) < 4.78 is 5.50. The molecule has 35 heavy (non-hydrogen) atoms. The van der Waals surface area contributed by atoms with E-state index in [1.54, 1.807) is 23.8 Å². The van der Waals surface area contributed by atoms with E-state index in [9.17, 15) is 0 Å². The number of fused-ring (bicyclic) bond motifs is 1. The molecule has 7 nitrogen and oxygen atoms in total. The molecular weight excluding hydrogens is 481 g/mol. The third kappa shape index (κ3) is 4.12. The second-order valence-electron chi connectivity index (χ2n) is 8.09. The lowest BCUT2D eigenvalue weighted by Crippen LogP contribution is -2.23. The Bertz CT molecular complexity index is 1700. The summed E-state index contributed by atoms with van der Waals surface area (Å²) in [6.07, 6.45) is 1.77. The fourth-order valence-corrected chi connectivity index (χ4v) is 4.53. The number of rotatable bonds is 4. The number of aryl methyl sites for hydroxylation is 2. The summed E-state index contributed by atoms with van der Waals surface area (Å²) in [6, 6.07) is 15.5. The minimum absolute atomic E-state index is 0.296. The molecule has 5 aromatic rings. The molecule has 3 aromatic heterocycles. The van der Waals surface area contributed by atoms with Crippen LogP contribution in [0.3, 0.4) is 0 Å². The van der Waals surface area contributed by atoms with Gasteiger partial charge in [-0.1, -0.05) is 65.5 Å². The average Bonchev–Trinajstić information content (AvgIpc) is 3.30. The summed E-state index contributed by atoms with van der Waals surface area (Å²) in [7, 11) is 3.74. The highest BCUT2D eigenvalue weighted by molar-refractivity contribution is 6.33. The number of hydrogen-bond donors (Lipinski definition) is 1. The van der Waals surface area contributed by atoms with Crippen LogP contribution >= 0.6 is 23.2 Å². The van der Waals surface area contributed by atoms with Crippen molar-refractivity contribution in [2.24, 2.45) is 14.1 Å². The molecule has 0 radical (unpaired) electrons. The molecule has 0 saturated heterocycles. The molecule has 0 bridgehead atoms. The van der Waals surface area contributed by atoms with E-state index in [1.807, 2.05) is 65.7 Å². The van der Waals surface area contributed by atoms with Gasteiger partial charge in [-0.2, -0.15) is 0 Å². The van der Waals surface area contributed by atoms with Gasteiger partial charge in [-0.25, -0.2) is 15.0 Å². The highest BCUT2D eigenvalue weighted by Gasteiger charge is 2.18. The lowest BCUT2D eigenvalue weighted by atomic mass is 10.1. The van der Waals surface area contributed by atoms with E-state index in [0.29, 0.717) is 45.0 Å². The predicted molar refractivity (Wildman–Crippen MR) is 138 cm³/mol. The standard InChI is InChI=1S/C26H21Cl2N7/c1-4-7-20-22-25(32-23(30-20)18-8-5-6-9-19(18)27)35(26(29)34(22)3)14-16-10-12-17(13-11-16)24-31-21(28)15-33(24)2/h5-6,8-13,15,29H,14H2,1-3H3. The van der Waals surface area contributed by atoms with Crippen LogP contribution in [0.5, 0.6) is 0 Å². The Labute approximate surface area is 212 Å². The molecule has 9 heteroatoms. The van der Waals surface area contributed by atoms with Crippen LogP contribution in [0.1, 0.15) is 18.2 Å². The molecule has 2 aromatic carbocycles. The summed E-state index contributed by atoms with van der Waals surface area (Å²) in [5, 5.41) is 9.79. The molecule has 0 fully saturated rings. The van der Waals surface area contributed by atoms with Gasteiger partial charge in [0, 0.05) is 31.4 Å². The first-order valence-electron chi connectivity index (χ1n) is 10.8. The number of benzene rings is 2. The number of imidazole rings is 2. The molecule has 174 valence electrons. The molecule has 0 saturated carbocycles. The van der Waals surface area contributed by atoms with Gasteiger partial charge in [0.15, 0.2) is 11.5 Å². The Balaban J connectivity index is 1.63. The van der Waals surface area contributed by atoms with Crippen LogP contribution in [0, 0.1) is 17.3 Å². The van der Waals surface area contributed by atoms with Gasteiger partial charge in [-0.05, 0) is 30.5 Å². The largest absolute Gasteiger partial charge is 0.332 e. The highest BCUT2D eigenvalue weighted by atomic mass is 35.5. The molecule has 1 N–H and O–H groups in total. The Hall–Kier alpha value is -3.86. The maximum Gasteiger partial charge on any atom is 0.204 e. The van der Waals surface area contributed by atoms with Gasteiger partial charge in [0.25, 0.3) is 0 Å². The van der Waals surface area contributed by atoms with Gasteiger partial charge < -0.3 is 9.13 Å². The van der Waals surface area contributed by atoms with Crippen LogP contribution in [0.25, 0.3) is 33.9 Å². The summed E-state index contributed by atoms with van der Waals surface area (Å²) in [5.74, 6) is 7.27. The van der Waals surface area contributed by atoms with E-state index in [-0.39, 0.29) is 0 Å². The number of nitrogens with zero attached hydrogens (tertiary/aromatic N) is 6. The minimum atomic E-state index is 0.296. The van der Waals surface area contributed by atoms with Crippen LogP contribution in [-0.2, 0) is 20.6 Å². The van der Waals surface area contributed by atoms with Gasteiger partial charge >= 0.3 is 0 Å². The molecule has 0 atom stereocenters. The van der Waals surface area contributed by atoms with Crippen molar-refractivity contribution in [3.63, 3.8) is 0 Å². The summed E-state index contributed by atoms with van der Waals surface area (Å²) in [6.45, 7) is 2.22. The summed E-state index contributed by atoms with van der Waals surface area (Å²) in [5.41, 5.74) is 4.88. The quantitative estimate of drug-likeness (QED) is 0.350. The van der Waals surface area contributed by atoms with Crippen molar-refractivity contribution in [3.8, 4) is 34.6 Å². The highest BCUT2D eigenvalue weighted by Crippen LogP contribution is 2.27. The van der Waals surface area contributed by atoms with E-state index in [1.165, 1.54) is 0 Å². The van der Waals surface area contributed by atoms with Gasteiger partial charge in [0.05, 0.1) is 11.6 Å². The topological polar surface area (TPSA) is 77.3 Å². The lowest BCUT2D eigenvalue weighted by molar-refractivity contribution is 0.691. The molecule has 5 rings (SSSR count). The zero-order chi connectivity index (χ0) is 24.7. The van der Waals surface area contributed by atoms with E-state index in [4.69, 9.17) is 38.6 Å². The van der Waals surface area contributed by atoms with Crippen molar-refractivity contribution in [3.05, 3.63) is 81.8 Å². The van der Waals surface area contributed by atoms with E-state index in [2.05, 4.69) is 16.8 Å². The van der Waals surface area contributed by atoms with Crippen molar-refractivity contribution in [2.75, 3.05) is 0 Å². The average molecular weight is 502 g/mol. The first-order chi connectivity index (χ1) is 16.9. The van der Waals surface area contributed by atoms with Crippen LogP contribution in [0.4, 0.5) is 0 Å². The van der Waals surface area contributed by atoms with Crippen LogP contribution in [0.2, 0.25) is 10.2 Å². The van der Waals surface area contributed by atoms with Crippen molar-refractivity contribution >= 4 is 34.4 Å². The number of aromatic nitrogens is 6. The zero-order valence-electron chi connectivity index (χ0n) is 19.3. The number of hydrogen-bond acceptors (Lipinski definition) is 4. The second-order valence-corrected chi connectivity index (χ2v) is 8.88. The maximum absolute atomic E-state index is 8.78. The first-order valence-corrected chi connectivity index (χ1v) is 11.6. The normalized spacial score (nSPS) is 11.0. The van der Waals surface area contributed by atoms with Gasteiger partial charge in [-0.3, -0.25) is 9.98 Å².